The summed E-state index contributed by atoms with van der Waals surface area (Å²) in [5.74, 6) is -0.703. The van der Waals surface area contributed by atoms with Crippen LogP contribution >= 0.6 is 0 Å². The molecule has 164 valence electrons. The van der Waals surface area contributed by atoms with Crippen LogP contribution in [0.15, 0.2) is 43.2 Å². The first-order valence-corrected chi connectivity index (χ1v) is 9.22. The third-order valence-electron chi connectivity index (χ3n) is 4.58. The van der Waals surface area contributed by atoms with E-state index in [0.29, 0.717) is 33.6 Å². The van der Waals surface area contributed by atoms with E-state index in [1.807, 2.05) is 0 Å². The van der Waals surface area contributed by atoms with Gasteiger partial charge in [0.1, 0.15) is 23.4 Å². The Labute approximate surface area is 178 Å². The standard InChI is InChI=1S/C20H15F4N7O/c1-10(12-5-27-19(28-6-12)20(22,23)24)31-18-14-3-11(17-25-7-13(21)8-26-17)4-15(32-2)16(14)29-9-30-18/h3-10H,1-2H3,(H,29,30,31)/t10-/m1/s1. The Hall–Kier alpha value is -3.96. The highest BCUT2D eigenvalue weighted by Crippen LogP contribution is 2.34. The van der Waals surface area contributed by atoms with Crippen LogP contribution in [-0.4, -0.2) is 37.0 Å². The Morgan fingerprint density at radius 1 is 0.938 bits per heavy atom. The van der Waals surface area contributed by atoms with Gasteiger partial charge in [-0.2, -0.15) is 13.2 Å². The number of hydrogen-bond donors (Lipinski definition) is 1. The average molecular weight is 445 g/mol. The third kappa shape index (κ3) is 4.24. The van der Waals surface area contributed by atoms with E-state index in [9.17, 15) is 17.6 Å². The fourth-order valence-electron chi connectivity index (χ4n) is 2.99. The van der Waals surface area contributed by atoms with Crippen molar-refractivity contribution in [2.45, 2.75) is 19.1 Å². The van der Waals surface area contributed by atoms with Crippen LogP contribution in [-0.2, 0) is 6.18 Å². The molecule has 0 saturated heterocycles. The Balaban J connectivity index is 1.72. The minimum atomic E-state index is -4.62. The summed E-state index contributed by atoms with van der Waals surface area (Å²) in [4.78, 5) is 23.3. The highest BCUT2D eigenvalue weighted by atomic mass is 19.4. The van der Waals surface area contributed by atoms with Crippen LogP contribution in [0.2, 0.25) is 0 Å². The summed E-state index contributed by atoms with van der Waals surface area (Å²) < 4.78 is 56.8. The smallest absolute Gasteiger partial charge is 0.451 e. The van der Waals surface area contributed by atoms with Crippen LogP contribution in [0.4, 0.5) is 23.4 Å². The molecule has 0 radical (unpaired) electrons. The largest absolute Gasteiger partial charge is 0.494 e. The molecule has 0 aliphatic heterocycles. The molecule has 0 bridgehead atoms. The number of anilines is 1. The summed E-state index contributed by atoms with van der Waals surface area (Å²) >= 11 is 0. The van der Waals surface area contributed by atoms with E-state index >= 15 is 0 Å². The van der Waals surface area contributed by atoms with Crippen molar-refractivity contribution in [3.05, 3.63) is 60.5 Å². The summed E-state index contributed by atoms with van der Waals surface area (Å²) in [6.07, 6.45) is 1.02. The topological polar surface area (TPSA) is 98.6 Å². The summed E-state index contributed by atoms with van der Waals surface area (Å²) in [6, 6.07) is 2.90. The summed E-state index contributed by atoms with van der Waals surface area (Å²) in [5, 5.41) is 3.68. The predicted molar refractivity (Wildman–Crippen MR) is 106 cm³/mol. The van der Waals surface area contributed by atoms with Crippen molar-refractivity contribution in [1.82, 2.24) is 29.9 Å². The number of nitrogens with zero attached hydrogens (tertiary/aromatic N) is 6. The molecule has 0 aliphatic carbocycles. The minimum absolute atomic E-state index is 0.269. The fourth-order valence-corrected chi connectivity index (χ4v) is 2.99. The quantitative estimate of drug-likeness (QED) is 0.456. The number of fused-ring (bicyclic) bond motifs is 1. The number of nitrogens with one attached hydrogen (secondary N) is 1. The number of halogens is 4. The third-order valence-corrected chi connectivity index (χ3v) is 4.58. The molecule has 3 aromatic heterocycles. The van der Waals surface area contributed by atoms with E-state index in [4.69, 9.17) is 4.74 Å². The molecule has 0 aliphatic rings. The average Bonchev–Trinajstić information content (AvgIpc) is 2.78. The Kier molecular flexibility index (Phi) is 5.51. The minimum Gasteiger partial charge on any atom is -0.494 e. The number of aromatic nitrogens is 6. The predicted octanol–water partition coefficient (Wildman–Crippen LogP) is 4.22. The van der Waals surface area contributed by atoms with Crippen molar-refractivity contribution >= 4 is 16.7 Å². The second kappa shape index (κ2) is 8.29. The molecular formula is C20H15F4N7O. The lowest BCUT2D eigenvalue weighted by atomic mass is 10.1. The lowest BCUT2D eigenvalue weighted by Crippen LogP contribution is -2.14. The lowest BCUT2D eigenvalue weighted by Gasteiger charge is -2.17. The summed E-state index contributed by atoms with van der Waals surface area (Å²) in [7, 11) is 1.47. The molecule has 8 nitrogen and oxygen atoms in total. The first-order chi connectivity index (χ1) is 15.3. The number of ether oxygens (including phenoxy) is 1. The maximum atomic E-state index is 13.2. The van der Waals surface area contributed by atoms with Crippen LogP contribution in [0, 0.1) is 5.82 Å². The number of alkyl halides is 3. The first-order valence-electron chi connectivity index (χ1n) is 9.22. The highest BCUT2D eigenvalue weighted by Gasteiger charge is 2.34. The van der Waals surface area contributed by atoms with Gasteiger partial charge >= 0.3 is 6.18 Å². The van der Waals surface area contributed by atoms with Crippen LogP contribution < -0.4 is 10.1 Å². The van der Waals surface area contributed by atoms with Gasteiger partial charge in [-0.1, -0.05) is 0 Å². The zero-order valence-corrected chi connectivity index (χ0v) is 16.7. The van der Waals surface area contributed by atoms with Crippen LogP contribution in [0.1, 0.15) is 24.4 Å². The van der Waals surface area contributed by atoms with Gasteiger partial charge in [-0.15, -0.1) is 0 Å². The second-order valence-electron chi connectivity index (χ2n) is 6.73. The summed E-state index contributed by atoms with van der Waals surface area (Å²) in [5.41, 5.74) is 1.46. The van der Waals surface area contributed by atoms with Crippen molar-refractivity contribution in [3.63, 3.8) is 0 Å². The van der Waals surface area contributed by atoms with E-state index in [1.54, 1.807) is 19.1 Å². The van der Waals surface area contributed by atoms with Crippen molar-refractivity contribution in [1.29, 1.82) is 0 Å². The van der Waals surface area contributed by atoms with Crippen LogP contribution in [0.3, 0.4) is 0 Å². The van der Waals surface area contributed by atoms with Crippen molar-refractivity contribution in [2.75, 3.05) is 12.4 Å². The maximum Gasteiger partial charge on any atom is 0.451 e. The molecule has 3 heterocycles. The molecule has 0 fully saturated rings. The monoisotopic (exact) mass is 445 g/mol. The Morgan fingerprint density at radius 3 is 2.25 bits per heavy atom. The zero-order valence-electron chi connectivity index (χ0n) is 16.7. The van der Waals surface area contributed by atoms with Gasteiger partial charge in [0.25, 0.3) is 0 Å². The van der Waals surface area contributed by atoms with Gasteiger partial charge in [-0.05, 0) is 19.1 Å². The van der Waals surface area contributed by atoms with Crippen molar-refractivity contribution < 1.29 is 22.3 Å². The van der Waals surface area contributed by atoms with E-state index in [-0.39, 0.29) is 5.82 Å². The molecule has 1 atom stereocenters. The van der Waals surface area contributed by atoms with Gasteiger partial charge in [0.05, 0.1) is 25.5 Å². The van der Waals surface area contributed by atoms with Gasteiger partial charge in [-0.3, -0.25) is 0 Å². The Morgan fingerprint density at radius 2 is 1.62 bits per heavy atom. The zero-order chi connectivity index (χ0) is 22.9. The Bertz CT molecular complexity index is 1250. The maximum absolute atomic E-state index is 13.2. The molecule has 0 spiro atoms. The van der Waals surface area contributed by atoms with Crippen molar-refractivity contribution in [3.8, 4) is 17.1 Å². The molecule has 0 unspecified atom stereocenters. The van der Waals surface area contributed by atoms with E-state index < -0.39 is 23.9 Å². The van der Waals surface area contributed by atoms with E-state index in [1.165, 1.54) is 13.4 Å². The molecule has 32 heavy (non-hydrogen) atoms. The number of methoxy groups -OCH3 is 1. The molecule has 12 heteroatoms. The van der Waals surface area contributed by atoms with E-state index in [2.05, 4.69) is 35.2 Å². The van der Waals surface area contributed by atoms with Gasteiger partial charge in [-0.25, -0.2) is 34.3 Å². The summed E-state index contributed by atoms with van der Waals surface area (Å²) in [6.45, 7) is 1.73. The first kappa shape index (κ1) is 21.3. The highest BCUT2D eigenvalue weighted by molar-refractivity contribution is 5.96. The molecule has 0 saturated carbocycles. The molecule has 1 N–H and O–H groups in total. The molecule has 0 amide bonds. The number of rotatable bonds is 5. The molecular weight excluding hydrogens is 430 g/mol. The molecule has 4 rings (SSSR count). The van der Waals surface area contributed by atoms with E-state index in [0.717, 1.165) is 24.8 Å². The molecule has 1 aromatic carbocycles. The number of hydrogen-bond acceptors (Lipinski definition) is 8. The second-order valence-corrected chi connectivity index (χ2v) is 6.73. The fraction of sp³-hybridized carbons (Fsp3) is 0.200. The SMILES string of the molecule is COc1cc(-c2ncc(F)cn2)cc2c(N[C@H](C)c3cnc(C(F)(F)F)nc3)ncnc12. The van der Waals surface area contributed by atoms with Gasteiger partial charge < -0.3 is 10.1 Å². The van der Waals surface area contributed by atoms with Crippen LogP contribution in [0.25, 0.3) is 22.3 Å². The van der Waals surface area contributed by atoms with Gasteiger partial charge in [0, 0.05) is 28.9 Å². The lowest BCUT2D eigenvalue weighted by molar-refractivity contribution is -0.145. The van der Waals surface area contributed by atoms with Gasteiger partial charge in [0.15, 0.2) is 11.6 Å². The number of benzene rings is 1. The van der Waals surface area contributed by atoms with Crippen molar-refractivity contribution in [2.24, 2.45) is 0 Å². The van der Waals surface area contributed by atoms with Crippen LogP contribution in [0.5, 0.6) is 5.75 Å². The van der Waals surface area contributed by atoms with Gasteiger partial charge in [0.2, 0.25) is 5.82 Å². The molecule has 4 aromatic rings. The normalized spacial score (nSPS) is 12.6.